The number of likely N-dealkylation sites (N-methyl/N-ethyl adjacent to an activating group) is 1. The summed E-state index contributed by atoms with van der Waals surface area (Å²) in [4.78, 5) is 2.29. The second-order valence-electron chi connectivity index (χ2n) is 4.35. The first-order chi connectivity index (χ1) is 7.81. The zero-order valence-corrected chi connectivity index (χ0v) is 9.80. The third-order valence-electron chi connectivity index (χ3n) is 3.09. The minimum Gasteiger partial charge on any atom is -0.374 e. The van der Waals surface area contributed by atoms with E-state index in [0.29, 0.717) is 6.42 Å². The van der Waals surface area contributed by atoms with E-state index in [1.165, 1.54) is 16.8 Å². The minimum atomic E-state index is -0.234. The average molecular weight is 222 g/mol. The molecule has 1 heterocycles. The van der Waals surface area contributed by atoms with E-state index in [1.54, 1.807) is 0 Å². The summed E-state index contributed by atoms with van der Waals surface area (Å²) in [5.41, 5.74) is 4.09. The highest BCUT2D eigenvalue weighted by Crippen LogP contribution is 2.27. The standard InChI is InChI=1S/C13H19FN2/c1-16-8-5-12-9-11(3-4-13(12)16)10-15-7-2-6-14/h3-4,9,15H,2,5-8,10H2,1H3. The Kier molecular flexibility index (Phi) is 3.78. The van der Waals surface area contributed by atoms with Gasteiger partial charge in [0.2, 0.25) is 0 Å². The number of hydrogen-bond donors (Lipinski definition) is 1. The molecule has 0 fully saturated rings. The lowest BCUT2D eigenvalue weighted by atomic mass is 10.1. The van der Waals surface area contributed by atoms with Gasteiger partial charge < -0.3 is 10.2 Å². The maximum atomic E-state index is 11.9. The Morgan fingerprint density at radius 2 is 2.31 bits per heavy atom. The lowest BCUT2D eigenvalue weighted by Gasteiger charge is -2.12. The molecule has 0 saturated carbocycles. The van der Waals surface area contributed by atoms with Crippen LogP contribution in [-0.2, 0) is 13.0 Å². The number of rotatable bonds is 5. The SMILES string of the molecule is CN1CCc2cc(CNCCCF)ccc21. The maximum absolute atomic E-state index is 11.9. The number of nitrogens with zero attached hydrogens (tertiary/aromatic N) is 1. The van der Waals surface area contributed by atoms with Crippen molar-refractivity contribution in [1.29, 1.82) is 0 Å². The average Bonchev–Trinajstić information content (AvgIpc) is 2.66. The highest BCUT2D eigenvalue weighted by molar-refractivity contribution is 5.58. The van der Waals surface area contributed by atoms with Gasteiger partial charge in [-0.25, -0.2) is 0 Å². The molecule has 88 valence electrons. The quantitative estimate of drug-likeness (QED) is 0.768. The van der Waals surface area contributed by atoms with E-state index in [-0.39, 0.29) is 6.67 Å². The van der Waals surface area contributed by atoms with Crippen molar-refractivity contribution >= 4 is 5.69 Å². The molecule has 1 aromatic rings. The highest BCUT2D eigenvalue weighted by atomic mass is 19.1. The Labute approximate surface area is 96.5 Å². The number of benzene rings is 1. The van der Waals surface area contributed by atoms with Crippen molar-refractivity contribution < 1.29 is 4.39 Å². The molecule has 0 spiro atoms. The molecule has 0 bridgehead atoms. The van der Waals surface area contributed by atoms with Crippen molar-refractivity contribution in [2.75, 3.05) is 31.7 Å². The molecule has 1 aliphatic rings. The van der Waals surface area contributed by atoms with E-state index >= 15 is 0 Å². The van der Waals surface area contributed by atoms with Crippen molar-refractivity contribution in [3.8, 4) is 0 Å². The molecule has 3 heteroatoms. The summed E-state index contributed by atoms with van der Waals surface area (Å²) in [5.74, 6) is 0. The summed E-state index contributed by atoms with van der Waals surface area (Å²) in [7, 11) is 2.13. The fraction of sp³-hybridized carbons (Fsp3) is 0.538. The molecule has 16 heavy (non-hydrogen) atoms. The molecule has 2 nitrogen and oxygen atoms in total. The molecule has 0 radical (unpaired) electrons. The predicted molar refractivity (Wildman–Crippen MR) is 65.7 cm³/mol. The van der Waals surface area contributed by atoms with Crippen LogP contribution in [0, 0.1) is 0 Å². The van der Waals surface area contributed by atoms with Crippen LogP contribution >= 0.6 is 0 Å². The molecule has 1 aromatic carbocycles. The highest BCUT2D eigenvalue weighted by Gasteiger charge is 2.14. The predicted octanol–water partition coefficient (Wildman–Crippen LogP) is 2.13. The second-order valence-corrected chi connectivity index (χ2v) is 4.35. The maximum Gasteiger partial charge on any atom is 0.0906 e. The zero-order chi connectivity index (χ0) is 11.4. The van der Waals surface area contributed by atoms with E-state index in [1.807, 2.05) is 0 Å². The lowest BCUT2D eigenvalue weighted by Crippen LogP contribution is -2.15. The van der Waals surface area contributed by atoms with Crippen LogP contribution in [0.3, 0.4) is 0 Å². The Balaban J connectivity index is 1.92. The molecule has 0 amide bonds. The number of nitrogens with one attached hydrogen (secondary N) is 1. The van der Waals surface area contributed by atoms with Crippen LogP contribution in [0.2, 0.25) is 0 Å². The fourth-order valence-electron chi connectivity index (χ4n) is 2.15. The molecule has 2 rings (SSSR count). The van der Waals surface area contributed by atoms with E-state index in [2.05, 4.69) is 35.5 Å². The van der Waals surface area contributed by atoms with Gasteiger partial charge in [-0.05, 0) is 36.6 Å². The summed E-state index contributed by atoms with van der Waals surface area (Å²) in [6.45, 7) is 2.49. The van der Waals surface area contributed by atoms with Crippen LogP contribution in [0.25, 0.3) is 0 Å². The zero-order valence-electron chi connectivity index (χ0n) is 9.80. The van der Waals surface area contributed by atoms with Crippen molar-refractivity contribution in [1.82, 2.24) is 5.32 Å². The van der Waals surface area contributed by atoms with E-state index in [9.17, 15) is 4.39 Å². The van der Waals surface area contributed by atoms with Crippen LogP contribution in [-0.4, -0.2) is 26.8 Å². The van der Waals surface area contributed by atoms with Crippen molar-refractivity contribution in [3.05, 3.63) is 29.3 Å². The first kappa shape index (κ1) is 11.4. The molecule has 0 aromatic heterocycles. The lowest BCUT2D eigenvalue weighted by molar-refractivity contribution is 0.459. The molecule has 0 atom stereocenters. The summed E-state index contributed by atoms with van der Waals surface area (Å²) in [6.07, 6.45) is 1.75. The molecule has 0 saturated heterocycles. The van der Waals surface area contributed by atoms with Gasteiger partial charge in [0.15, 0.2) is 0 Å². The number of hydrogen-bond acceptors (Lipinski definition) is 2. The Bertz CT molecular complexity index is 352. The smallest absolute Gasteiger partial charge is 0.0906 e. The van der Waals surface area contributed by atoms with Gasteiger partial charge in [-0.3, -0.25) is 4.39 Å². The molecule has 0 unspecified atom stereocenters. The fourth-order valence-corrected chi connectivity index (χ4v) is 2.15. The van der Waals surface area contributed by atoms with Crippen molar-refractivity contribution in [2.45, 2.75) is 19.4 Å². The molecule has 0 aliphatic carbocycles. The Morgan fingerprint density at radius 3 is 3.12 bits per heavy atom. The van der Waals surface area contributed by atoms with Gasteiger partial charge in [0, 0.05) is 25.8 Å². The molecule has 1 aliphatic heterocycles. The summed E-state index contributed by atoms with van der Waals surface area (Å²) in [6, 6.07) is 6.61. The van der Waals surface area contributed by atoms with E-state index < -0.39 is 0 Å². The molecular formula is C13H19FN2. The van der Waals surface area contributed by atoms with Crippen LogP contribution in [0.1, 0.15) is 17.5 Å². The van der Waals surface area contributed by atoms with Crippen LogP contribution in [0.15, 0.2) is 18.2 Å². The summed E-state index contributed by atoms with van der Waals surface area (Å²) < 4.78 is 11.9. The summed E-state index contributed by atoms with van der Waals surface area (Å²) >= 11 is 0. The monoisotopic (exact) mass is 222 g/mol. The van der Waals surface area contributed by atoms with Gasteiger partial charge in [0.25, 0.3) is 0 Å². The topological polar surface area (TPSA) is 15.3 Å². The van der Waals surface area contributed by atoms with Gasteiger partial charge >= 0.3 is 0 Å². The summed E-state index contributed by atoms with van der Waals surface area (Å²) in [5, 5.41) is 3.25. The normalized spacial score (nSPS) is 14.2. The number of halogens is 1. The first-order valence-electron chi connectivity index (χ1n) is 5.91. The molecule has 1 N–H and O–H groups in total. The third kappa shape index (κ3) is 2.53. The first-order valence-corrected chi connectivity index (χ1v) is 5.91. The number of anilines is 1. The minimum absolute atomic E-state index is 0.234. The van der Waals surface area contributed by atoms with Crippen molar-refractivity contribution in [3.63, 3.8) is 0 Å². The van der Waals surface area contributed by atoms with E-state index in [4.69, 9.17) is 0 Å². The van der Waals surface area contributed by atoms with Gasteiger partial charge in [-0.2, -0.15) is 0 Å². The third-order valence-corrected chi connectivity index (χ3v) is 3.09. The van der Waals surface area contributed by atoms with Gasteiger partial charge in [-0.15, -0.1) is 0 Å². The number of fused-ring (bicyclic) bond motifs is 1. The largest absolute Gasteiger partial charge is 0.374 e. The van der Waals surface area contributed by atoms with Crippen molar-refractivity contribution in [2.24, 2.45) is 0 Å². The van der Waals surface area contributed by atoms with Gasteiger partial charge in [0.05, 0.1) is 6.67 Å². The van der Waals surface area contributed by atoms with Gasteiger partial charge in [0.1, 0.15) is 0 Å². The van der Waals surface area contributed by atoms with Crippen LogP contribution in [0.4, 0.5) is 10.1 Å². The van der Waals surface area contributed by atoms with E-state index in [0.717, 1.165) is 26.1 Å². The Hall–Kier alpha value is -1.09. The Morgan fingerprint density at radius 1 is 1.44 bits per heavy atom. The molecular weight excluding hydrogens is 203 g/mol. The van der Waals surface area contributed by atoms with Gasteiger partial charge in [-0.1, -0.05) is 12.1 Å². The number of alkyl halides is 1. The second kappa shape index (κ2) is 5.30. The van der Waals surface area contributed by atoms with Crippen LogP contribution < -0.4 is 10.2 Å². The van der Waals surface area contributed by atoms with Crippen LogP contribution in [0.5, 0.6) is 0 Å².